The molecule has 0 saturated heterocycles. The minimum Gasteiger partial charge on any atom is -0.481 e. The Hall–Kier alpha value is -1.62. The van der Waals surface area contributed by atoms with Crippen molar-refractivity contribution in [1.82, 2.24) is 9.88 Å². The molecule has 2 N–H and O–H groups in total. The van der Waals surface area contributed by atoms with Crippen LogP contribution in [0.3, 0.4) is 0 Å². The van der Waals surface area contributed by atoms with E-state index in [-0.39, 0.29) is 17.5 Å². The number of aromatic nitrogens is 1. The molecule has 2 unspecified atom stereocenters. The fraction of sp³-hybridized carbons (Fsp3) is 0.571. The Bertz CT molecular complexity index is 484. The van der Waals surface area contributed by atoms with Crippen LogP contribution in [-0.4, -0.2) is 28.2 Å². The number of hydrogen-bond donors (Lipinski definition) is 2. The SMILES string of the molecule is O=C(O)C1CCCC(NCCn2ccccc2=O)C1. The van der Waals surface area contributed by atoms with E-state index in [1.807, 2.05) is 6.07 Å². The average Bonchev–Trinajstić information content (AvgIpc) is 2.41. The van der Waals surface area contributed by atoms with Crippen LogP contribution in [0.5, 0.6) is 0 Å². The molecule has 5 nitrogen and oxygen atoms in total. The summed E-state index contributed by atoms with van der Waals surface area (Å²) in [5.41, 5.74) is -0.00337. The van der Waals surface area contributed by atoms with Crippen molar-refractivity contribution in [3.8, 4) is 0 Å². The monoisotopic (exact) mass is 264 g/mol. The van der Waals surface area contributed by atoms with Gasteiger partial charge in [0.25, 0.3) is 5.56 Å². The molecule has 1 fully saturated rings. The number of rotatable bonds is 5. The summed E-state index contributed by atoms with van der Waals surface area (Å²) in [5.74, 6) is -0.906. The highest BCUT2D eigenvalue weighted by Crippen LogP contribution is 2.24. The molecule has 1 aromatic heterocycles. The quantitative estimate of drug-likeness (QED) is 0.835. The summed E-state index contributed by atoms with van der Waals surface area (Å²) < 4.78 is 1.66. The number of carbonyl (C=O) groups is 1. The zero-order valence-electron chi connectivity index (χ0n) is 10.9. The lowest BCUT2D eigenvalue weighted by atomic mass is 9.86. The molecule has 104 valence electrons. The Morgan fingerprint density at radius 3 is 3.00 bits per heavy atom. The van der Waals surface area contributed by atoms with Crippen molar-refractivity contribution in [2.24, 2.45) is 5.92 Å². The Morgan fingerprint density at radius 2 is 2.26 bits per heavy atom. The van der Waals surface area contributed by atoms with Gasteiger partial charge in [0.1, 0.15) is 0 Å². The molecule has 0 bridgehead atoms. The molecular weight excluding hydrogens is 244 g/mol. The average molecular weight is 264 g/mol. The molecule has 1 aromatic rings. The van der Waals surface area contributed by atoms with Gasteiger partial charge in [-0.25, -0.2) is 0 Å². The van der Waals surface area contributed by atoms with Crippen LogP contribution in [0.2, 0.25) is 0 Å². The molecule has 2 rings (SSSR count). The van der Waals surface area contributed by atoms with E-state index in [9.17, 15) is 9.59 Å². The predicted molar refractivity (Wildman–Crippen MR) is 72.1 cm³/mol. The lowest BCUT2D eigenvalue weighted by Gasteiger charge is -2.27. The number of carboxylic acid groups (broad SMARTS) is 1. The molecule has 1 saturated carbocycles. The maximum absolute atomic E-state index is 11.5. The van der Waals surface area contributed by atoms with E-state index < -0.39 is 5.97 Å². The molecule has 2 atom stereocenters. The van der Waals surface area contributed by atoms with Gasteiger partial charge in [0.2, 0.25) is 0 Å². The summed E-state index contributed by atoms with van der Waals surface area (Å²) in [7, 11) is 0. The van der Waals surface area contributed by atoms with Gasteiger partial charge >= 0.3 is 5.97 Å². The van der Waals surface area contributed by atoms with Crippen LogP contribution < -0.4 is 10.9 Å². The highest BCUT2D eigenvalue weighted by molar-refractivity contribution is 5.70. The second-order valence-electron chi connectivity index (χ2n) is 5.09. The molecule has 0 radical (unpaired) electrons. The molecule has 1 heterocycles. The maximum Gasteiger partial charge on any atom is 0.306 e. The van der Waals surface area contributed by atoms with E-state index in [0.29, 0.717) is 19.5 Å². The summed E-state index contributed by atoms with van der Waals surface area (Å²) in [6.07, 6.45) is 5.23. The van der Waals surface area contributed by atoms with Gasteiger partial charge in [-0.05, 0) is 25.3 Å². The Morgan fingerprint density at radius 1 is 1.42 bits per heavy atom. The van der Waals surface area contributed by atoms with Crippen molar-refractivity contribution >= 4 is 5.97 Å². The van der Waals surface area contributed by atoms with Gasteiger partial charge in [-0.3, -0.25) is 9.59 Å². The molecule has 0 amide bonds. The largest absolute Gasteiger partial charge is 0.481 e. The molecule has 1 aliphatic carbocycles. The van der Waals surface area contributed by atoms with Crippen molar-refractivity contribution < 1.29 is 9.90 Å². The lowest BCUT2D eigenvalue weighted by Crippen LogP contribution is -2.38. The summed E-state index contributed by atoms with van der Waals surface area (Å²) >= 11 is 0. The number of carboxylic acids is 1. The Labute approximate surface area is 112 Å². The maximum atomic E-state index is 11.5. The van der Waals surface area contributed by atoms with Crippen LogP contribution >= 0.6 is 0 Å². The molecule has 0 aliphatic heterocycles. The normalized spacial score (nSPS) is 23.2. The molecular formula is C14H20N2O3. The van der Waals surface area contributed by atoms with Crippen LogP contribution in [0.1, 0.15) is 25.7 Å². The van der Waals surface area contributed by atoms with Crippen molar-refractivity contribution in [2.75, 3.05) is 6.54 Å². The minimum absolute atomic E-state index is 0.00337. The zero-order valence-corrected chi connectivity index (χ0v) is 10.9. The third-order valence-corrected chi connectivity index (χ3v) is 3.71. The number of hydrogen-bond acceptors (Lipinski definition) is 3. The number of nitrogens with one attached hydrogen (secondary N) is 1. The van der Waals surface area contributed by atoms with E-state index in [1.165, 1.54) is 0 Å². The number of aliphatic carboxylic acids is 1. The van der Waals surface area contributed by atoms with Crippen molar-refractivity contribution in [3.63, 3.8) is 0 Å². The van der Waals surface area contributed by atoms with Gasteiger partial charge in [-0.1, -0.05) is 12.5 Å². The van der Waals surface area contributed by atoms with Crippen LogP contribution in [0, 0.1) is 5.92 Å². The first-order valence-electron chi connectivity index (χ1n) is 6.78. The smallest absolute Gasteiger partial charge is 0.306 e. The Balaban J connectivity index is 1.78. The topological polar surface area (TPSA) is 71.3 Å². The minimum atomic E-state index is -0.689. The van der Waals surface area contributed by atoms with E-state index in [2.05, 4.69) is 5.32 Å². The second-order valence-corrected chi connectivity index (χ2v) is 5.09. The molecule has 1 aliphatic rings. The highest BCUT2D eigenvalue weighted by atomic mass is 16.4. The first-order valence-corrected chi connectivity index (χ1v) is 6.78. The third-order valence-electron chi connectivity index (χ3n) is 3.71. The summed E-state index contributed by atoms with van der Waals surface area (Å²) in [5, 5.41) is 12.4. The molecule has 5 heteroatoms. The second kappa shape index (κ2) is 6.52. The van der Waals surface area contributed by atoms with Gasteiger partial charge in [-0.15, -0.1) is 0 Å². The van der Waals surface area contributed by atoms with Gasteiger partial charge in [-0.2, -0.15) is 0 Å². The van der Waals surface area contributed by atoms with E-state index in [0.717, 1.165) is 19.3 Å². The third kappa shape index (κ3) is 3.92. The van der Waals surface area contributed by atoms with E-state index in [4.69, 9.17) is 5.11 Å². The fourth-order valence-electron chi connectivity index (χ4n) is 2.63. The first kappa shape index (κ1) is 13.8. The van der Waals surface area contributed by atoms with Gasteiger partial charge in [0.15, 0.2) is 0 Å². The standard InChI is InChI=1S/C14H20N2O3/c17-13-6-1-2-8-16(13)9-7-15-12-5-3-4-11(10-12)14(18)19/h1-2,6,8,11-12,15H,3-5,7,9-10H2,(H,18,19). The van der Waals surface area contributed by atoms with Gasteiger partial charge in [0.05, 0.1) is 5.92 Å². The number of nitrogens with zero attached hydrogens (tertiary/aromatic N) is 1. The molecule has 0 aromatic carbocycles. The van der Waals surface area contributed by atoms with E-state index in [1.54, 1.807) is 22.9 Å². The van der Waals surface area contributed by atoms with Crippen LogP contribution in [0.15, 0.2) is 29.2 Å². The van der Waals surface area contributed by atoms with Crippen LogP contribution in [-0.2, 0) is 11.3 Å². The van der Waals surface area contributed by atoms with Crippen molar-refractivity contribution in [2.45, 2.75) is 38.3 Å². The fourth-order valence-corrected chi connectivity index (χ4v) is 2.63. The van der Waals surface area contributed by atoms with Crippen molar-refractivity contribution in [3.05, 3.63) is 34.7 Å². The molecule has 0 spiro atoms. The van der Waals surface area contributed by atoms with E-state index >= 15 is 0 Å². The zero-order chi connectivity index (χ0) is 13.7. The van der Waals surface area contributed by atoms with Crippen LogP contribution in [0.4, 0.5) is 0 Å². The van der Waals surface area contributed by atoms with Gasteiger partial charge in [0, 0.05) is 31.4 Å². The number of pyridine rings is 1. The first-order chi connectivity index (χ1) is 9.16. The highest BCUT2D eigenvalue weighted by Gasteiger charge is 2.26. The predicted octanol–water partition coefficient (Wildman–Crippen LogP) is 1.08. The summed E-state index contributed by atoms with van der Waals surface area (Å²) in [6, 6.07) is 5.36. The summed E-state index contributed by atoms with van der Waals surface area (Å²) in [4.78, 5) is 22.5. The van der Waals surface area contributed by atoms with Gasteiger partial charge < -0.3 is 15.0 Å². The summed E-state index contributed by atoms with van der Waals surface area (Å²) in [6.45, 7) is 1.31. The Kier molecular flexibility index (Phi) is 4.74. The van der Waals surface area contributed by atoms with Crippen molar-refractivity contribution in [1.29, 1.82) is 0 Å². The lowest BCUT2D eigenvalue weighted by molar-refractivity contribution is -0.143. The van der Waals surface area contributed by atoms with Crippen LogP contribution in [0.25, 0.3) is 0 Å². The molecule has 19 heavy (non-hydrogen) atoms.